The van der Waals surface area contributed by atoms with Crippen LogP contribution in [0.4, 0.5) is 32.0 Å². The third-order valence-electron chi connectivity index (χ3n) is 4.92. The summed E-state index contributed by atoms with van der Waals surface area (Å²) in [7, 11) is 0. The Morgan fingerprint density at radius 3 is 2.36 bits per heavy atom. The van der Waals surface area contributed by atoms with Gasteiger partial charge in [-0.3, -0.25) is 10.1 Å². The van der Waals surface area contributed by atoms with E-state index in [2.05, 4.69) is 21.8 Å². The third kappa shape index (κ3) is 5.49. The zero-order valence-corrected chi connectivity index (χ0v) is 18.7. The number of allylic oxidation sites excluding steroid dienone is 1. The largest absolute Gasteiger partial charge is 0.426 e. The van der Waals surface area contributed by atoms with Gasteiger partial charge < -0.3 is 9.15 Å². The van der Waals surface area contributed by atoms with Crippen LogP contribution in [0.2, 0.25) is 5.15 Å². The van der Waals surface area contributed by atoms with E-state index < -0.39 is 69.8 Å². The molecular weight excluding hydrogens is 522 g/mol. The van der Waals surface area contributed by atoms with Crippen molar-refractivity contribution in [3.8, 4) is 11.6 Å². The minimum absolute atomic E-state index is 0.0785. The molecule has 0 aliphatic rings. The van der Waals surface area contributed by atoms with Crippen molar-refractivity contribution in [3.05, 3.63) is 81.3 Å². The molecule has 15 heteroatoms. The SMILES string of the molecule is C=CCC[C@@](OCc1ccccc1)(c1nnc(-c2nc(Cl)c(C(F)(F)F)cc2[N+](=O)[O-])o1)C(F)(F)F. The molecule has 3 aromatic rings. The van der Waals surface area contributed by atoms with Crippen molar-refractivity contribution in [2.24, 2.45) is 0 Å². The van der Waals surface area contributed by atoms with Crippen molar-refractivity contribution in [2.45, 2.75) is 37.4 Å². The molecule has 8 nitrogen and oxygen atoms in total. The lowest BCUT2D eigenvalue weighted by Gasteiger charge is -2.32. The fraction of sp³-hybridized carbons (Fsp3) is 0.286. The minimum atomic E-state index is -5.12. The first-order valence-corrected chi connectivity index (χ1v) is 10.3. The quantitative estimate of drug-likeness (QED) is 0.0990. The van der Waals surface area contributed by atoms with E-state index in [1.807, 2.05) is 0 Å². The molecule has 0 unspecified atom stereocenters. The fourth-order valence-electron chi connectivity index (χ4n) is 3.13. The second kappa shape index (κ2) is 10.2. The predicted octanol–water partition coefficient (Wildman–Crippen LogP) is 6.65. The molecular formula is C21H15ClF6N4O4. The van der Waals surface area contributed by atoms with Crippen LogP contribution in [0, 0.1) is 10.1 Å². The summed E-state index contributed by atoms with van der Waals surface area (Å²) in [6.07, 6.45) is -9.97. The summed E-state index contributed by atoms with van der Waals surface area (Å²) < 4.78 is 92.9. The summed E-state index contributed by atoms with van der Waals surface area (Å²) in [5, 5.41) is 17.0. The Kier molecular flexibility index (Phi) is 7.69. The zero-order valence-electron chi connectivity index (χ0n) is 17.9. The molecule has 0 aliphatic heterocycles. The van der Waals surface area contributed by atoms with Gasteiger partial charge in [-0.2, -0.15) is 26.3 Å². The number of alkyl halides is 6. The number of halogens is 7. The highest BCUT2D eigenvalue weighted by Gasteiger charge is 2.61. The maximum absolute atomic E-state index is 14.4. The van der Waals surface area contributed by atoms with E-state index >= 15 is 0 Å². The van der Waals surface area contributed by atoms with Gasteiger partial charge in [0.05, 0.1) is 17.1 Å². The van der Waals surface area contributed by atoms with Crippen molar-refractivity contribution in [3.63, 3.8) is 0 Å². The zero-order chi connectivity index (χ0) is 26.7. The van der Waals surface area contributed by atoms with Crippen LogP contribution in [0.25, 0.3) is 11.6 Å². The molecule has 0 radical (unpaired) electrons. The van der Waals surface area contributed by atoms with Crippen LogP contribution < -0.4 is 0 Å². The van der Waals surface area contributed by atoms with Gasteiger partial charge in [-0.05, 0) is 18.4 Å². The van der Waals surface area contributed by atoms with Crippen LogP contribution in [-0.4, -0.2) is 26.3 Å². The highest BCUT2D eigenvalue weighted by molar-refractivity contribution is 6.30. The van der Waals surface area contributed by atoms with Crippen LogP contribution >= 0.6 is 11.6 Å². The second-order valence-electron chi connectivity index (χ2n) is 7.29. The van der Waals surface area contributed by atoms with Crippen LogP contribution in [0.15, 0.2) is 53.5 Å². The van der Waals surface area contributed by atoms with E-state index in [0.717, 1.165) is 0 Å². The Labute approximate surface area is 203 Å². The first kappa shape index (κ1) is 27.1. The van der Waals surface area contributed by atoms with Gasteiger partial charge in [0.15, 0.2) is 0 Å². The smallest absolute Gasteiger partial charge is 0.415 e. The highest BCUT2D eigenvalue weighted by Crippen LogP contribution is 2.47. The number of nitrogens with zero attached hydrogens (tertiary/aromatic N) is 4. The van der Waals surface area contributed by atoms with Gasteiger partial charge in [0.25, 0.3) is 11.8 Å². The Bertz CT molecular complexity index is 1250. The molecule has 2 heterocycles. The molecule has 0 amide bonds. The average Bonchev–Trinajstić information content (AvgIpc) is 3.28. The molecule has 0 aliphatic carbocycles. The van der Waals surface area contributed by atoms with Crippen LogP contribution in [0.1, 0.15) is 29.9 Å². The summed E-state index contributed by atoms with van der Waals surface area (Å²) in [4.78, 5) is 13.5. The average molecular weight is 537 g/mol. The first-order chi connectivity index (χ1) is 16.8. The van der Waals surface area contributed by atoms with Crippen molar-refractivity contribution >= 4 is 17.3 Å². The van der Waals surface area contributed by atoms with Gasteiger partial charge in [0, 0.05) is 6.07 Å². The van der Waals surface area contributed by atoms with Crippen molar-refractivity contribution in [1.29, 1.82) is 0 Å². The van der Waals surface area contributed by atoms with Gasteiger partial charge in [0.1, 0.15) is 5.15 Å². The van der Waals surface area contributed by atoms with Crippen LogP contribution in [0.3, 0.4) is 0 Å². The van der Waals surface area contributed by atoms with E-state index in [4.69, 9.17) is 20.8 Å². The number of pyridine rings is 1. The summed E-state index contributed by atoms with van der Waals surface area (Å²) in [6, 6.07) is 7.94. The van der Waals surface area contributed by atoms with Gasteiger partial charge in [0.2, 0.25) is 11.3 Å². The molecule has 0 spiro atoms. The highest BCUT2D eigenvalue weighted by atomic mass is 35.5. The van der Waals surface area contributed by atoms with Gasteiger partial charge in [-0.15, -0.1) is 16.8 Å². The summed E-state index contributed by atoms with van der Waals surface area (Å²) >= 11 is 5.54. The molecule has 0 bridgehead atoms. The van der Waals surface area contributed by atoms with Crippen LogP contribution in [0.5, 0.6) is 0 Å². The summed E-state index contributed by atoms with van der Waals surface area (Å²) in [6.45, 7) is 2.87. The number of hydrogen-bond acceptors (Lipinski definition) is 7. The number of benzene rings is 1. The van der Waals surface area contributed by atoms with E-state index in [1.165, 1.54) is 18.2 Å². The Morgan fingerprint density at radius 2 is 1.81 bits per heavy atom. The number of aromatic nitrogens is 3. The van der Waals surface area contributed by atoms with Gasteiger partial charge >= 0.3 is 18.0 Å². The molecule has 0 saturated carbocycles. The first-order valence-electron chi connectivity index (χ1n) is 9.92. The molecule has 2 aromatic heterocycles. The number of ether oxygens (including phenoxy) is 1. The lowest BCUT2D eigenvalue weighted by atomic mass is 9.96. The molecule has 1 atom stereocenters. The molecule has 36 heavy (non-hydrogen) atoms. The molecule has 192 valence electrons. The second-order valence-corrected chi connectivity index (χ2v) is 7.65. The lowest BCUT2D eigenvalue weighted by molar-refractivity contribution is -0.384. The topological polar surface area (TPSA) is 104 Å². The molecule has 3 rings (SSSR count). The van der Waals surface area contributed by atoms with E-state index in [-0.39, 0.29) is 12.5 Å². The fourth-order valence-corrected chi connectivity index (χ4v) is 3.38. The van der Waals surface area contributed by atoms with Crippen molar-refractivity contribution in [1.82, 2.24) is 15.2 Å². The number of rotatable bonds is 9. The van der Waals surface area contributed by atoms with E-state index in [0.29, 0.717) is 5.56 Å². The Morgan fingerprint density at radius 1 is 1.14 bits per heavy atom. The number of hydrogen-bond donors (Lipinski definition) is 0. The third-order valence-corrected chi connectivity index (χ3v) is 5.21. The normalized spacial score (nSPS) is 13.9. The summed E-state index contributed by atoms with van der Waals surface area (Å²) in [5.41, 5.74) is -6.61. The van der Waals surface area contributed by atoms with Gasteiger partial charge in [-0.25, -0.2) is 4.98 Å². The van der Waals surface area contributed by atoms with Gasteiger partial charge in [-0.1, -0.05) is 48.0 Å². The Hall–Kier alpha value is -3.52. The van der Waals surface area contributed by atoms with Crippen molar-refractivity contribution in [2.75, 3.05) is 0 Å². The van der Waals surface area contributed by atoms with Crippen molar-refractivity contribution < 1.29 is 40.4 Å². The molecule has 0 N–H and O–H groups in total. The minimum Gasteiger partial charge on any atom is -0.415 e. The maximum atomic E-state index is 14.4. The monoisotopic (exact) mass is 536 g/mol. The van der Waals surface area contributed by atoms with E-state index in [9.17, 15) is 36.5 Å². The molecule has 0 fully saturated rings. The summed E-state index contributed by atoms with van der Waals surface area (Å²) in [5.74, 6) is -2.09. The lowest BCUT2D eigenvalue weighted by Crippen LogP contribution is -2.45. The molecule has 0 saturated heterocycles. The van der Waals surface area contributed by atoms with E-state index in [1.54, 1.807) is 18.2 Å². The molecule has 1 aromatic carbocycles. The Balaban J connectivity index is 2.13. The number of nitro groups is 1. The predicted molar refractivity (Wildman–Crippen MR) is 113 cm³/mol. The standard InChI is InChI=1S/C21H15ClF6N4O4/c1-2-3-9-19(21(26,27)28,35-11-12-7-5-4-6-8-12)18-31-30-17(36-18)15-14(32(33)34)10-13(16(22)29-15)20(23,24)25/h2,4-8,10H,1,3,9,11H2/t19-/m1/s1. The van der Waals surface area contributed by atoms with Crippen LogP contribution in [-0.2, 0) is 23.1 Å². The maximum Gasteiger partial charge on any atom is 0.426 e.